The quantitative estimate of drug-likeness (QED) is 0.801. The minimum absolute atomic E-state index is 0.00932. The van der Waals surface area contributed by atoms with Gasteiger partial charge < -0.3 is 19.9 Å². The number of carboxylic acids is 1. The second-order valence-electron chi connectivity index (χ2n) is 4.33. The summed E-state index contributed by atoms with van der Waals surface area (Å²) in [5.74, 6) is -2.48. The average molecular weight is 293 g/mol. The molecule has 0 fully saturated rings. The second kappa shape index (κ2) is 5.66. The maximum absolute atomic E-state index is 13.5. The highest BCUT2D eigenvalue weighted by molar-refractivity contribution is 5.94. The molecule has 0 aliphatic heterocycles. The number of aryl methyl sites for hydroxylation is 1. The molecule has 0 saturated heterocycles. The van der Waals surface area contributed by atoms with Crippen LogP contribution in [0.5, 0.6) is 5.75 Å². The number of amides is 1. The molecule has 0 saturated carbocycles. The normalized spacial score (nSPS) is 10.4. The third-order valence-corrected chi connectivity index (χ3v) is 2.82. The zero-order valence-electron chi connectivity index (χ0n) is 11.0. The van der Waals surface area contributed by atoms with Crippen LogP contribution in [0.2, 0.25) is 0 Å². The van der Waals surface area contributed by atoms with Gasteiger partial charge in [0.25, 0.3) is 5.91 Å². The van der Waals surface area contributed by atoms with Gasteiger partial charge in [-0.2, -0.15) is 0 Å². The molecule has 0 aliphatic rings. The number of halogens is 1. The van der Waals surface area contributed by atoms with Crippen LogP contribution in [0.25, 0.3) is 0 Å². The van der Waals surface area contributed by atoms with Crippen LogP contribution in [0.1, 0.15) is 32.2 Å². The van der Waals surface area contributed by atoms with E-state index in [9.17, 15) is 14.0 Å². The summed E-state index contributed by atoms with van der Waals surface area (Å²) >= 11 is 0. The standard InChI is InChI=1S/C14H12FNO5/c1-7-11(14(19)20)5-9(21-7)6-16-13(18)10-3-2-8(17)4-12(10)15/h2-5,17H,6H2,1H3,(H,16,18)(H,19,20). The Bertz CT molecular complexity index is 707. The number of furan rings is 1. The predicted molar refractivity (Wildman–Crippen MR) is 69.6 cm³/mol. The zero-order valence-corrected chi connectivity index (χ0v) is 11.0. The van der Waals surface area contributed by atoms with Crippen LogP contribution in [-0.4, -0.2) is 22.1 Å². The van der Waals surface area contributed by atoms with Crippen LogP contribution >= 0.6 is 0 Å². The average Bonchev–Trinajstić information content (AvgIpc) is 2.77. The first-order valence-electron chi connectivity index (χ1n) is 5.98. The first-order valence-corrected chi connectivity index (χ1v) is 5.98. The Hall–Kier alpha value is -2.83. The number of carbonyl (C=O) groups excluding carboxylic acids is 1. The number of benzene rings is 1. The maximum Gasteiger partial charge on any atom is 0.339 e. The Morgan fingerprint density at radius 1 is 1.29 bits per heavy atom. The zero-order chi connectivity index (χ0) is 15.6. The van der Waals surface area contributed by atoms with Gasteiger partial charge in [-0.25, -0.2) is 9.18 Å². The molecule has 0 bridgehead atoms. The molecule has 0 atom stereocenters. The first-order chi connectivity index (χ1) is 9.88. The van der Waals surface area contributed by atoms with Crippen molar-refractivity contribution < 1.29 is 28.6 Å². The summed E-state index contributed by atoms with van der Waals surface area (Å²) in [6, 6.07) is 4.47. The van der Waals surface area contributed by atoms with E-state index in [1.165, 1.54) is 19.1 Å². The summed E-state index contributed by atoms with van der Waals surface area (Å²) in [7, 11) is 0. The smallest absolute Gasteiger partial charge is 0.339 e. The summed E-state index contributed by atoms with van der Waals surface area (Å²) in [6.45, 7) is 1.42. The molecule has 0 unspecified atom stereocenters. The number of rotatable bonds is 4. The van der Waals surface area contributed by atoms with Gasteiger partial charge in [-0.05, 0) is 25.1 Å². The maximum atomic E-state index is 13.5. The van der Waals surface area contributed by atoms with Crippen molar-refractivity contribution in [2.24, 2.45) is 0 Å². The fourth-order valence-corrected chi connectivity index (χ4v) is 1.79. The van der Waals surface area contributed by atoms with Crippen molar-refractivity contribution in [2.45, 2.75) is 13.5 Å². The highest BCUT2D eigenvalue weighted by Crippen LogP contribution is 2.16. The molecule has 0 aliphatic carbocycles. The van der Waals surface area contributed by atoms with E-state index in [4.69, 9.17) is 14.6 Å². The number of aromatic hydroxyl groups is 1. The van der Waals surface area contributed by atoms with E-state index in [2.05, 4.69) is 5.32 Å². The van der Waals surface area contributed by atoms with Crippen LogP contribution < -0.4 is 5.32 Å². The topological polar surface area (TPSA) is 99.8 Å². The number of phenols is 1. The number of carboxylic acid groups (broad SMARTS) is 1. The monoisotopic (exact) mass is 293 g/mol. The number of hydrogen-bond donors (Lipinski definition) is 3. The molecule has 2 aromatic rings. The summed E-state index contributed by atoms with van der Waals surface area (Å²) in [5.41, 5.74) is -0.218. The molecular formula is C14H12FNO5. The van der Waals surface area contributed by atoms with Crippen molar-refractivity contribution in [1.29, 1.82) is 0 Å². The van der Waals surface area contributed by atoms with E-state index >= 15 is 0 Å². The Balaban J connectivity index is 2.07. The van der Waals surface area contributed by atoms with Crippen molar-refractivity contribution in [3.05, 3.63) is 52.7 Å². The highest BCUT2D eigenvalue weighted by atomic mass is 19.1. The van der Waals surface area contributed by atoms with E-state index in [0.717, 1.165) is 12.1 Å². The lowest BCUT2D eigenvalue weighted by Crippen LogP contribution is -2.23. The van der Waals surface area contributed by atoms with Crippen molar-refractivity contribution in [1.82, 2.24) is 5.32 Å². The first kappa shape index (κ1) is 14.6. The van der Waals surface area contributed by atoms with E-state index < -0.39 is 17.7 Å². The molecule has 110 valence electrons. The van der Waals surface area contributed by atoms with Crippen LogP contribution in [0.15, 0.2) is 28.7 Å². The van der Waals surface area contributed by atoms with Crippen LogP contribution in [0.4, 0.5) is 4.39 Å². The van der Waals surface area contributed by atoms with Crippen LogP contribution in [0.3, 0.4) is 0 Å². The number of phenolic OH excluding ortho intramolecular Hbond substituents is 1. The SMILES string of the molecule is Cc1oc(CNC(=O)c2ccc(O)cc2F)cc1C(=O)O. The minimum atomic E-state index is -1.13. The predicted octanol–water partition coefficient (Wildman–Crippen LogP) is 2.06. The number of aromatic carboxylic acids is 1. The Morgan fingerprint density at radius 3 is 2.57 bits per heavy atom. The molecule has 21 heavy (non-hydrogen) atoms. The Kier molecular flexibility index (Phi) is 3.93. The number of carbonyl (C=O) groups is 2. The van der Waals surface area contributed by atoms with Crippen LogP contribution in [-0.2, 0) is 6.54 Å². The van der Waals surface area contributed by atoms with Gasteiger partial charge in [0.2, 0.25) is 0 Å². The molecule has 6 nitrogen and oxygen atoms in total. The molecule has 1 aromatic heterocycles. The lowest BCUT2D eigenvalue weighted by atomic mass is 10.2. The van der Waals surface area contributed by atoms with Crippen molar-refractivity contribution in [3.8, 4) is 5.75 Å². The second-order valence-corrected chi connectivity index (χ2v) is 4.33. The third kappa shape index (κ3) is 3.19. The van der Waals surface area contributed by atoms with Gasteiger partial charge in [0.1, 0.15) is 28.7 Å². The van der Waals surface area contributed by atoms with Crippen molar-refractivity contribution >= 4 is 11.9 Å². The van der Waals surface area contributed by atoms with Crippen molar-refractivity contribution in [3.63, 3.8) is 0 Å². The molecule has 1 heterocycles. The summed E-state index contributed by atoms with van der Waals surface area (Å²) in [4.78, 5) is 22.6. The van der Waals surface area contributed by atoms with E-state index in [0.29, 0.717) is 0 Å². The Labute approximate surface area is 118 Å². The van der Waals surface area contributed by atoms with Gasteiger partial charge in [-0.3, -0.25) is 4.79 Å². The van der Waals surface area contributed by atoms with Gasteiger partial charge in [0.15, 0.2) is 0 Å². The summed E-state index contributed by atoms with van der Waals surface area (Å²) in [5, 5.41) is 20.4. The Morgan fingerprint density at radius 2 is 2.00 bits per heavy atom. The van der Waals surface area contributed by atoms with Crippen molar-refractivity contribution in [2.75, 3.05) is 0 Å². The van der Waals surface area contributed by atoms with Gasteiger partial charge >= 0.3 is 5.97 Å². The lowest BCUT2D eigenvalue weighted by Gasteiger charge is -2.04. The fourth-order valence-electron chi connectivity index (χ4n) is 1.79. The summed E-state index contributed by atoms with van der Waals surface area (Å²) < 4.78 is 18.7. The third-order valence-electron chi connectivity index (χ3n) is 2.82. The molecule has 2 rings (SSSR count). The van der Waals surface area contributed by atoms with Crippen LogP contribution in [0, 0.1) is 12.7 Å². The number of nitrogens with one attached hydrogen (secondary N) is 1. The molecule has 1 amide bonds. The fraction of sp³-hybridized carbons (Fsp3) is 0.143. The number of hydrogen-bond acceptors (Lipinski definition) is 4. The highest BCUT2D eigenvalue weighted by Gasteiger charge is 2.16. The van der Waals surface area contributed by atoms with Gasteiger partial charge in [0, 0.05) is 6.07 Å². The van der Waals surface area contributed by atoms with Gasteiger partial charge in [-0.1, -0.05) is 0 Å². The lowest BCUT2D eigenvalue weighted by molar-refractivity contribution is 0.0694. The van der Waals surface area contributed by atoms with E-state index in [1.54, 1.807) is 0 Å². The molecular weight excluding hydrogens is 281 g/mol. The summed E-state index contributed by atoms with van der Waals surface area (Å²) in [6.07, 6.45) is 0. The van der Waals surface area contributed by atoms with E-state index in [-0.39, 0.29) is 34.9 Å². The van der Waals surface area contributed by atoms with Gasteiger partial charge in [-0.15, -0.1) is 0 Å². The van der Waals surface area contributed by atoms with Gasteiger partial charge in [0.05, 0.1) is 12.1 Å². The molecule has 0 radical (unpaired) electrons. The largest absolute Gasteiger partial charge is 0.508 e. The van der Waals surface area contributed by atoms with E-state index in [1.807, 2.05) is 0 Å². The molecule has 3 N–H and O–H groups in total. The molecule has 7 heteroatoms. The molecule has 1 aromatic carbocycles. The minimum Gasteiger partial charge on any atom is -0.508 e. The molecule has 0 spiro atoms.